The summed E-state index contributed by atoms with van der Waals surface area (Å²) >= 11 is 8.33. The van der Waals surface area contributed by atoms with Crippen LogP contribution < -0.4 is 65.9 Å². The monoisotopic (exact) mass is 1050 g/mol. The molecule has 1 aromatic heterocycles. The van der Waals surface area contributed by atoms with Crippen LogP contribution in [-0.2, 0) is 49.6 Å². The van der Waals surface area contributed by atoms with Gasteiger partial charge in [-0.3, -0.25) is 43.3 Å². The summed E-state index contributed by atoms with van der Waals surface area (Å²) in [5.74, 6) is -10.2. The molecule has 0 spiro atoms. The number of aliphatic hydroxyl groups excluding tert-OH is 1. The number of hydrogen-bond acceptors (Lipinski definition) is 16. The van der Waals surface area contributed by atoms with Crippen molar-refractivity contribution < 1.29 is 58.5 Å². The number of carbonyl (C=O) groups is 9. The van der Waals surface area contributed by atoms with Crippen LogP contribution in [0.15, 0.2) is 35.5 Å². The van der Waals surface area contributed by atoms with Gasteiger partial charge in [0.2, 0.25) is 41.4 Å². The van der Waals surface area contributed by atoms with Gasteiger partial charge in [-0.2, -0.15) is 25.3 Å². The molecule has 28 heteroatoms. The van der Waals surface area contributed by atoms with Crippen LogP contribution in [-0.4, -0.2) is 165 Å². The van der Waals surface area contributed by atoms with Gasteiger partial charge in [-0.1, -0.05) is 24.6 Å². The second-order valence-electron chi connectivity index (χ2n) is 16.9. The van der Waals surface area contributed by atoms with E-state index in [1.807, 2.05) is 0 Å². The zero-order valence-corrected chi connectivity index (χ0v) is 41.9. The van der Waals surface area contributed by atoms with Crippen LogP contribution in [0.1, 0.15) is 76.7 Å². The molecule has 7 amide bonds. The number of rotatable bonds is 35. The molecular formula is C44H72N14O12S2. The first-order chi connectivity index (χ1) is 34.2. The molecule has 0 saturated carbocycles. The third-order valence-electron chi connectivity index (χ3n) is 11.2. The molecule has 402 valence electrons. The van der Waals surface area contributed by atoms with Gasteiger partial charge < -0.3 is 86.2 Å². The summed E-state index contributed by atoms with van der Waals surface area (Å²) in [7, 11) is 0. The molecule has 0 radical (unpaired) electrons. The number of amides is 7. The molecule has 0 aliphatic carbocycles. The standard InChI is InChI=1S/C44H72N14O12S2/c1-23(59)35(42(68)57-33(22-72)41(67)56-32(21-71)40(66)52-28(13-8-18-50-44(48)49)37(63)54-30(43(69)70)12-5-7-17-46)58-38(64)29(14-15-34(60)61)53-39(65)31(55-36(62)26(47)10-4-6-16-45)19-24-20-51-27-11-3-2-9-25(24)27/h2-3,9,11,20,23,26,28-33,35,51,59,71-72H,4-8,10,12-19,21-22,45-47H2,1H3,(H,52,66)(H,53,65)(H,54,63)(H,55,62)(H,56,67)(H,57,68)(H,58,64)(H,60,61)(H,69,70)(H4,48,49,50)/t23-,26+,28+,29+,30+,31+,32+,33+,35+/m1/s1. The Kier molecular flexibility index (Phi) is 28.1. The lowest BCUT2D eigenvalue weighted by Gasteiger charge is -2.28. The first-order valence-corrected chi connectivity index (χ1v) is 24.7. The maximum absolute atomic E-state index is 14.0. The number of carboxylic acid groups (broad SMARTS) is 2. The molecular weight excluding hydrogens is 981 g/mol. The maximum atomic E-state index is 14.0. The number of fused-ring (bicyclic) bond motifs is 1. The number of guanidine groups is 1. The van der Waals surface area contributed by atoms with Gasteiger partial charge in [-0.05, 0) is 83.0 Å². The van der Waals surface area contributed by atoms with E-state index in [0.717, 1.165) is 17.8 Å². The number of benzene rings is 1. The van der Waals surface area contributed by atoms with E-state index in [0.29, 0.717) is 44.3 Å². The molecule has 0 fully saturated rings. The molecule has 1 aromatic carbocycles. The highest BCUT2D eigenvalue weighted by atomic mass is 32.1. The van der Waals surface area contributed by atoms with Gasteiger partial charge in [0, 0.05) is 48.0 Å². The summed E-state index contributed by atoms with van der Waals surface area (Å²) < 4.78 is 0. The molecule has 0 unspecified atom stereocenters. The lowest BCUT2D eigenvalue weighted by Crippen LogP contribution is -2.62. The highest BCUT2D eigenvalue weighted by Crippen LogP contribution is 2.20. The summed E-state index contributed by atoms with van der Waals surface area (Å²) in [5.41, 5.74) is 29.4. The van der Waals surface area contributed by atoms with Gasteiger partial charge in [0.1, 0.15) is 42.3 Å². The summed E-state index contributed by atoms with van der Waals surface area (Å²) in [6, 6.07) is -4.26. The zero-order chi connectivity index (χ0) is 53.9. The van der Waals surface area contributed by atoms with E-state index in [9.17, 15) is 58.5 Å². The van der Waals surface area contributed by atoms with E-state index < -0.39 is 126 Å². The summed E-state index contributed by atoms with van der Waals surface area (Å²) in [4.78, 5) is 126. The molecule has 0 saturated heterocycles. The highest BCUT2D eigenvalue weighted by molar-refractivity contribution is 7.80. The fourth-order valence-corrected chi connectivity index (χ4v) is 7.62. The van der Waals surface area contributed by atoms with Gasteiger partial charge in [-0.25, -0.2) is 4.79 Å². The smallest absolute Gasteiger partial charge is 0.326 e. The van der Waals surface area contributed by atoms with Crippen molar-refractivity contribution in [3.63, 3.8) is 0 Å². The van der Waals surface area contributed by atoms with Crippen LogP contribution in [0.25, 0.3) is 10.9 Å². The number of nitrogens with one attached hydrogen (secondary N) is 8. The van der Waals surface area contributed by atoms with Crippen molar-refractivity contribution in [1.82, 2.24) is 42.2 Å². The quantitative estimate of drug-likeness (QED) is 0.0135. The van der Waals surface area contributed by atoms with E-state index in [1.54, 1.807) is 30.5 Å². The summed E-state index contributed by atoms with van der Waals surface area (Å²) in [5, 5.41) is 47.8. The number of unbranched alkanes of at least 4 members (excludes halogenated alkanes) is 2. The van der Waals surface area contributed by atoms with Gasteiger partial charge in [0.05, 0.1) is 12.1 Å². The Morgan fingerprint density at radius 1 is 0.625 bits per heavy atom. The van der Waals surface area contributed by atoms with Crippen molar-refractivity contribution in [2.45, 2.75) is 132 Å². The topological polar surface area (TPSA) is 457 Å². The predicted molar refractivity (Wildman–Crippen MR) is 273 cm³/mol. The molecule has 2 rings (SSSR count). The second-order valence-corrected chi connectivity index (χ2v) is 17.6. The number of nitrogens with zero attached hydrogens (tertiary/aromatic N) is 1. The number of nitrogens with two attached hydrogens (primary N) is 5. The number of hydrogen-bond donors (Lipinski definition) is 18. The third kappa shape index (κ3) is 21.7. The third-order valence-corrected chi connectivity index (χ3v) is 11.9. The van der Waals surface area contributed by atoms with Crippen LogP contribution in [0.5, 0.6) is 0 Å². The molecule has 0 aliphatic heterocycles. The Morgan fingerprint density at radius 3 is 1.67 bits per heavy atom. The number of carbonyl (C=O) groups excluding carboxylic acids is 7. The number of carboxylic acids is 2. The van der Waals surface area contributed by atoms with Crippen molar-refractivity contribution >= 4 is 95.4 Å². The molecule has 21 N–H and O–H groups in total. The number of aliphatic imine (C=N–C) groups is 1. The number of aliphatic carboxylic acids is 2. The molecule has 0 bridgehead atoms. The largest absolute Gasteiger partial charge is 0.481 e. The van der Waals surface area contributed by atoms with Crippen molar-refractivity contribution in [3.8, 4) is 0 Å². The van der Waals surface area contributed by atoms with Crippen LogP contribution >= 0.6 is 25.3 Å². The molecule has 9 atom stereocenters. The van der Waals surface area contributed by atoms with Crippen LogP contribution in [0.3, 0.4) is 0 Å². The zero-order valence-electron chi connectivity index (χ0n) is 40.1. The molecule has 72 heavy (non-hydrogen) atoms. The van der Waals surface area contributed by atoms with Crippen molar-refractivity contribution in [2.24, 2.45) is 33.7 Å². The first kappa shape index (κ1) is 61.9. The second kappa shape index (κ2) is 32.7. The van der Waals surface area contributed by atoms with Crippen molar-refractivity contribution in [2.75, 3.05) is 31.1 Å². The van der Waals surface area contributed by atoms with E-state index in [1.165, 1.54) is 0 Å². The average molecular weight is 1050 g/mol. The van der Waals surface area contributed by atoms with Gasteiger partial charge in [0.25, 0.3) is 0 Å². The Labute approximate surface area is 427 Å². The lowest BCUT2D eigenvalue weighted by atomic mass is 10.0. The summed E-state index contributed by atoms with van der Waals surface area (Å²) in [6.07, 6.45) is 1.21. The number of para-hydroxylation sites is 1. The maximum Gasteiger partial charge on any atom is 0.326 e. The highest BCUT2D eigenvalue weighted by Gasteiger charge is 2.36. The van der Waals surface area contributed by atoms with E-state index >= 15 is 0 Å². The molecule has 2 aromatic rings. The molecule has 26 nitrogen and oxygen atoms in total. The number of aromatic nitrogens is 1. The molecule has 0 aliphatic rings. The van der Waals surface area contributed by atoms with Crippen molar-refractivity contribution in [1.29, 1.82) is 0 Å². The van der Waals surface area contributed by atoms with Gasteiger partial charge in [0.15, 0.2) is 5.96 Å². The average Bonchev–Trinajstić information content (AvgIpc) is 3.74. The SMILES string of the molecule is C[C@@H](O)[C@H](NC(=O)[C@H](CCC(=O)O)NC(=O)[C@H](Cc1c[nH]c2ccccc12)NC(=O)[C@@H](N)CCCCN)C(=O)N[C@@H](CS)C(=O)N[C@@H](CS)C(=O)N[C@@H](CCCN=C(N)N)C(=O)N[C@@H](CCCCN)C(=O)O. The summed E-state index contributed by atoms with van der Waals surface area (Å²) in [6.45, 7) is 1.88. The van der Waals surface area contributed by atoms with Crippen LogP contribution in [0.2, 0.25) is 0 Å². The first-order valence-electron chi connectivity index (χ1n) is 23.4. The normalized spacial score (nSPS) is 14.9. The Morgan fingerprint density at radius 2 is 1.11 bits per heavy atom. The minimum absolute atomic E-state index is 0.0567. The van der Waals surface area contributed by atoms with E-state index in [-0.39, 0.29) is 50.4 Å². The van der Waals surface area contributed by atoms with Crippen molar-refractivity contribution in [3.05, 3.63) is 36.0 Å². The van der Waals surface area contributed by atoms with Gasteiger partial charge >= 0.3 is 11.9 Å². The fraction of sp³-hybridized carbons (Fsp3) is 0.591. The molecule has 1 heterocycles. The van der Waals surface area contributed by atoms with Gasteiger partial charge in [-0.15, -0.1) is 0 Å². The minimum Gasteiger partial charge on any atom is -0.481 e. The Bertz CT molecular complexity index is 2160. The number of aromatic amines is 1. The van der Waals surface area contributed by atoms with E-state index in [4.69, 9.17) is 28.7 Å². The van der Waals surface area contributed by atoms with Crippen LogP contribution in [0, 0.1) is 0 Å². The number of thiol groups is 2. The minimum atomic E-state index is -1.82. The number of H-pyrrole nitrogens is 1. The fourth-order valence-electron chi connectivity index (χ4n) is 7.11. The number of aliphatic hydroxyl groups is 1. The van der Waals surface area contributed by atoms with E-state index in [2.05, 4.69) is 72.5 Å². The van der Waals surface area contributed by atoms with Crippen LogP contribution in [0.4, 0.5) is 0 Å². The lowest BCUT2D eigenvalue weighted by molar-refractivity contribution is -0.142. The predicted octanol–water partition coefficient (Wildman–Crippen LogP) is -4.07. The Hall–Kier alpha value is -6.20. The Balaban J connectivity index is 2.29.